The Labute approximate surface area is 42.6 Å². The number of aryl methyl sites for hydroxylation is 1. The van der Waals surface area contributed by atoms with Gasteiger partial charge in [0.1, 0.15) is 6.26 Å². The van der Waals surface area contributed by atoms with Gasteiger partial charge in [-0.1, -0.05) is 0 Å². The average Bonchev–Trinajstić information content (AvgIpc) is 1.87. The predicted molar refractivity (Wildman–Crippen MR) is 27.8 cm³/mol. The van der Waals surface area contributed by atoms with E-state index in [-0.39, 0.29) is 7.44 Å². The van der Waals surface area contributed by atoms with E-state index in [1.165, 1.54) is 6.26 Å². The Kier molecular flexibility index (Phi) is 0.749. The first-order valence-corrected chi connectivity index (χ1v) is 1.96. The Morgan fingerprint density at radius 2 is 2.71 bits per heavy atom. The molecule has 0 aromatic carbocycles. The number of rotatable bonds is 0. The first-order valence-electron chi connectivity index (χ1n) is 1.96. The van der Waals surface area contributed by atoms with Gasteiger partial charge in [-0.05, 0) is 6.92 Å². The molecule has 0 amide bonds. The minimum Gasteiger partial charge on any atom is -0.432 e. The molecule has 0 bridgehead atoms. The van der Waals surface area contributed by atoms with Crippen LogP contribution in [0, 0.1) is 6.92 Å². The molecule has 3 heteroatoms. The molecule has 40 valence electrons. The molecule has 7 heavy (non-hydrogen) atoms. The molecule has 0 saturated heterocycles. The molecule has 0 atom stereocenters. The third-order valence-corrected chi connectivity index (χ3v) is 0.637. The summed E-state index contributed by atoms with van der Waals surface area (Å²) in [5, 5.41) is 0. The van der Waals surface area contributed by atoms with Crippen LogP contribution in [0.4, 0.5) is 6.01 Å². The first-order chi connectivity index (χ1) is 3.29. The monoisotopic (exact) mass is 100 g/mol. The quantitative estimate of drug-likeness (QED) is 0.525. The lowest BCUT2D eigenvalue weighted by molar-refractivity contribution is 0.579. The summed E-state index contributed by atoms with van der Waals surface area (Å²) in [4.78, 5) is 3.72. The summed E-state index contributed by atoms with van der Waals surface area (Å²) in [6, 6.07) is 0.234. The van der Waals surface area contributed by atoms with Crippen molar-refractivity contribution in [3.8, 4) is 0 Å². The minimum absolute atomic E-state index is 0. The van der Waals surface area contributed by atoms with E-state index in [9.17, 15) is 0 Å². The Bertz CT molecular complexity index is 146. The number of nitrogen functional groups attached to an aromatic ring is 1. The second-order valence-electron chi connectivity index (χ2n) is 1.33. The van der Waals surface area contributed by atoms with Gasteiger partial charge in [0.05, 0.1) is 5.69 Å². The van der Waals surface area contributed by atoms with Gasteiger partial charge in [-0.3, -0.25) is 0 Å². The van der Waals surface area contributed by atoms with Gasteiger partial charge in [0.25, 0.3) is 6.01 Å². The molecule has 2 N–H and O–H groups in total. The lowest BCUT2D eigenvalue weighted by Crippen LogP contribution is -1.81. The van der Waals surface area contributed by atoms with E-state index in [1.807, 2.05) is 6.92 Å². The van der Waals surface area contributed by atoms with Gasteiger partial charge in [0, 0.05) is 1.43 Å². The maximum Gasteiger partial charge on any atom is 0.292 e. The number of aromatic nitrogens is 1. The number of hydrogen-bond donors (Lipinski definition) is 1. The Morgan fingerprint density at radius 3 is 2.86 bits per heavy atom. The van der Waals surface area contributed by atoms with Crippen LogP contribution in [0.5, 0.6) is 0 Å². The van der Waals surface area contributed by atoms with Crippen LogP contribution < -0.4 is 5.73 Å². The Balaban J connectivity index is 0.000000490. The van der Waals surface area contributed by atoms with Crippen LogP contribution in [0.1, 0.15) is 7.12 Å². The fourth-order valence-electron chi connectivity index (χ4n) is 0.372. The van der Waals surface area contributed by atoms with Gasteiger partial charge >= 0.3 is 0 Å². The molecule has 1 aromatic rings. The smallest absolute Gasteiger partial charge is 0.292 e. The Morgan fingerprint density at radius 1 is 2.00 bits per heavy atom. The summed E-state index contributed by atoms with van der Waals surface area (Å²) < 4.78 is 4.63. The van der Waals surface area contributed by atoms with Crippen LogP contribution in [-0.4, -0.2) is 4.98 Å². The third kappa shape index (κ3) is 0.707. The number of nitrogens with two attached hydrogens (primary N) is 1. The molecule has 0 spiro atoms. The van der Waals surface area contributed by atoms with Gasteiger partial charge in [-0.2, -0.15) is 4.98 Å². The molecule has 0 saturated carbocycles. The van der Waals surface area contributed by atoms with E-state index in [1.54, 1.807) is 0 Å². The van der Waals surface area contributed by atoms with Crippen LogP contribution in [0.15, 0.2) is 10.7 Å². The zero-order chi connectivity index (χ0) is 5.28. The molecular weight excluding hydrogens is 92.1 g/mol. The average molecular weight is 100 g/mol. The van der Waals surface area contributed by atoms with Crippen molar-refractivity contribution in [1.82, 2.24) is 4.98 Å². The highest BCUT2D eigenvalue weighted by Crippen LogP contribution is 1.98. The van der Waals surface area contributed by atoms with Crippen LogP contribution in [0.3, 0.4) is 0 Å². The maximum atomic E-state index is 5.10. The van der Waals surface area contributed by atoms with Crippen LogP contribution in [0.2, 0.25) is 0 Å². The minimum atomic E-state index is 0. The molecule has 0 radical (unpaired) electrons. The summed E-state index contributed by atoms with van der Waals surface area (Å²) in [6.07, 6.45) is 1.51. The van der Waals surface area contributed by atoms with E-state index in [0.29, 0.717) is 0 Å². The lowest BCUT2D eigenvalue weighted by Gasteiger charge is -1.70. The largest absolute Gasteiger partial charge is 0.432 e. The summed E-state index contributed by atoms with van der Waals surface area (Å²) in [5.41, 5.74) is 5.92. The second kappa shape index (κ2) is 1.26. The molecule has 1 rings (SSSR count). The molecule has 0 fully saturated rings. The highest BCUT2D eigenvalue weighted by Gasteiger charge is 1.88. The van der Waals surface area contributed by atoms with Gasteiger partial charge < -0.3 is 10.2 Å². The van der Waals surface area contributed by atoms with Crippen molar-refractivity contribution in [3.63, 3.8) is 0 Å². The van der Waals surface area contributed by atoms with Crippen molar-refractivity contribution in [2.75, 3.05) is 5.73 Å². The first kappa shape index (κ1) is 4.18. The van der Waals surface area contributed by atoms with Crippen molar-refractivity contribution in [1.29, 1.82) is 0 Å². The fraction of sp³-hybridized carbons (Fsp3) is 0.250. The zero-order valence-electron chi connectivity index (χ0n) is 4.01. The molecule has 0 aliphatic carbocycles. The fourth-order valence-corrected chi connectivity index (χ4v) is 0.372. The van der Waals surface area contributed by atoms with Crippen LogP contribution >= 0.6 is 0 Å². The molecule has 0 aliphatic heterocycles. The van der Waals surface area contributed by atoms with E-state index in [4.69, 9.17) is 5.73 Å². The van der Waals surface area contributed by atoms with E-state index < -0.39 is 0 Å². The highest BCUT2D eigenvalue weighted by atomic mass is 16.4. The number of oxazole rings is 1. The SMILES string of the molecule is Cc1coc(N)n1.[HH]. The van der Waals surface area contributed by atoms with Gasteiger partial charge in [-0.15, -0.1) is 0 Å². The molecule has 1 aromatic heterocycles. The van der Waals surface area contributed by atoms with Gasteiger partial charge in [0.2, 0.25) is 0 Å². The summed E-state index contributed by atoms with van der Waals surface area (Å²) >= 11 is 0. The summed E-state index contributed by atoms with van der Waals surface area (Å²) in [6.45, 7) is 1.82. The molecule has 1 heterocycles. The van der Waals surface area contributed by atoms with Crippen molar-refractivity contribution in [3.05, 3.63) is 12.0 Å². The van der Waals surface area contributed by atoms with Crippen molar-refractivity contribution >= 4 is 6.01 Å². The van der Waals surface area contributed by atoms with Crippen molar-refractivity contribution in [2.24, 2.45) is 0 Å². The third-order valence-electron chi connectivity index (χ3n) is 0.637. The number of nitrogens with zero attached hydrogens (tertiary/aromatic N) is 1. The number of anilines is 1. The maximum absolute atomic E-state index is 5.10. The zero-order valence-corrected chi connectivity index (χ0v) is 4.01. The lowest BCUT2D eigenvalue weighted by atomic mass is 10.6. The molecule has 0 aliphatic rings. The van der Waals surface area contributed by atoms with E-state index >= 15 is 0 Å². The van der Waals surface area contributed by atoms with E-state index in [2.05, 4.69) is 9.40 Å². The van der Waals surface area contributed by atoms with Gasteiger partial charge in [0.15, 0.2) is 0 Å². The van der Waals surface area contributed by atoms with Crippen LogP contribution in [-0.2, 0) is 0 Å². The van der Waals surface area contributed by atoms with Crippen molar-refractivity contribution in [2.45, 2.75) is 6.92 Å². The summed E-state index contributed by atoms with van der Waals surface area (Å²) in [7, 11) is 0. The Hall–Kier alpha value is -0.990. The van der Waals surface area contributed by atoms with Crippen LogP contribution in [0.25, 0.3) is 0 Å². The van der Waals surface area contributed by atoms with E-state index in [0.717, 1.165) is 5.69 Å². The molecule has 3 nitrogen and oxygen atoms in total. The topological polar surface area (TPSA) is 52.0 Å². The highest BCUT2D eigenvalue weighted by molar-refractivity contribution is 5.10. The summed E-state index contributed by atoms with van der Waals surface area (Å²) in [5.74, 6) is 0. The standard InChI is InChI=1S/C4H6N2O.H2/c1-3-2-7-4(5)6-3;/h2H,1H3,(H2,5,6);1H. The molecular formula is C4H8N2O. The predicted octanol–water partition coefficient (Wildman–Crippen LogP) is 0.811. The van der Waals surface area contributed by atoms with Gasteiger partial charge in [-0.25, -0.2) is 0 Å². The second-order valence-corrected chi connectivity index (χ2v) is 1.33. The number of hydrogen-bond acceptors (Lipinski definition) is 3. The van der Waals surface area contributed by atoms with Crippen molar-refractivity contribution < 1.29 is 5.84 Å². The molecule has 0 unspecified atom stereocenters. The normalized spacial score (nSPS) is 9.29.